The molecule has 0 fully saturated rings. The van der Waals surface area contributed by atoms with E-state index in [2.05, 4.69) is 5.32 Å². The van der Waals surface area contributed by atoms with E-state index in [1.807, 2.05) is 20.8 Å². The quantitative estimate of drug-likeness (QED) is 0.887. The van der Waals surface area contributed by atoms with E-state index in [1.165, 1.54) is 7.11 Å². The van der Waals surface area contributed by atoms with Gasteiger partial charge in [-0.25, -0.2) is 0 Å². The number of hydrogen-bond donors (Lipinski definition) is 2. The van der Waals surface area contributed by atoms with Crippen molar-refractivity contribution in [2.24, 2.45) is 11.1 Å². The number of nitrogens with one attached hydrogen (secondary N) is 1. The first-order valence-electron chi connectivity index (χ1n) is 5.65. The molecule has 1 amide bonds. The van der Waals surface area contributed by atoms with Gasteiger partial charge in [0.2, 0.25) is 5.91 Å². The Labute approximate surface area is 112 Å². The highest BCUT2D eigenvalue weighted by Crippen LogP contribution is 2.28. The van der Waals surface area contributed by atoms with Gasteiger partial charge in [-0.1, -0.05) is 32.4 Å². The number of hydrogen-bond acceptors (Lipinski definition) is 3. The first-order chi connectivity index (χ1) is 8.25. The van der Waals surface area contributed by atoms with Crippen LogP contribution in [0, 0.1) is 5.41 Å². The Morgan fingerprint density at radius 1 is 1.44 bits per heavy atom. The molecule has 1 aromatic carbocycles. The van der Waals surface area contributed by atoms with Gasteiger partial charge in [0.1, 0.15) is 5.75 Å². The van der Waals surface area contributed by atoms with Crippen LogP contribution in [-0.4, -0.2) is 19.1 Å². The Hall–Kier alpha value is -1.26. The lowest BCUT2D eigenvalue weighted by molar-refractivity contribution is -0.119. The van der Waals surface area contributed by atoms with Crippen molar-refractivity contribution in [1.29, 1.82) is 0 Å². The highest BCUT2D eigenvalue weighted by molar-refractivity contribution is 6.32. The highest BCUT2D eigenvalue weighted by Gasteiger charge is 2.27. The number of methoxy groups -OCH3 is 1. The summed E-state index contributed by atoms with van der Waals surface area (Å²) in [5.74, 6) is 0.283. The molecule has 1 rings (SSSR count). The van der Waals surface area contributed by atoms with Gasteiger partial charge in [0.25, 0.3) is 0 Å². The molecular weight excluding hydrogens is 252 g/mol. The summed E-state index contributed by atoms with van der Waals surface area (Å²) >= 11 is 5.91. The zero-order valence-corrected chi connectivity index (χ0v) is 11.8. The molecule has 0 aliphatic rings. The van der Waals surface area contributed by atoms with Crippen molar-refractivity contribution in [2.45, 2.75) is 26.8 Å². The van der Waals surface area contributed by atoms with Gasteiger partial charge in [0.05, 0.1) is 18.2 Å². The minimum atomic E-state index is -0.584. The molecule has 3 N–H and O–H groups in total. The average Bonchev–Trinajstić information content (AvgIpc) is 2.29. The second-order valence-electron chi connectivity index (χ2n) is 5.18. The summed E-state index contributed by atoms with van der Waals surface area (Å²) in [5, 5.41) is 3.24. The number of amides is 1. The number of anilines is 1. The zero-order valence-electron chi connectivity index (χ0n) is 11.1. The Kier molecular flexibility index (Phi) is 4.59. The van der Waals surface area contributed by atoms with Crippen molar-refractivity contribution in [3.8, 4) is 5.75 Å². The molecule has 1 aromatic rings. The Morgan fingerprint density at radius 2 is 2.06 bits per heavy atom. The second-order valence-corrected chi connectivity index (χ2v) is 5.59. The van der Waals surface area contributed by atoms with E-state index in [0.29, 0.717) is 16.5 Å². The molecule has 18 heavy (non-hydrogen) atoms. The van der Waals surface area contributed by atoms with Crippen molar-refractivity contribution in [2.75, 3.05) is 12.4 Å². The van der Waals surface area contributed by atoms with Crippen LogP contribution in [0.1, 0.15) is 20.8 Å². The summed E-state index contributed by atoms with van der Waals surface area (Å²) in [6.07, 6.45) is 0. The number of rotatable bonds is 3. The van der Waals surface area contributed by atoms with E-state index in [4.69, 9.17) is 22.1 Å². The molecule has 0 bridgehead atoms. The minimum Gasteiger partial charge on any atom is -0.495 e. The van der Waals surface area contributed by atoms with Crippen LogP contribution < -0.4 is 15.8 Å². The smallest absolute Gasteiger partial charge is 0.241 e. The summed E-state index contributed by atoms with van der Waals surface area (Å²) < 4.78 is 5.08. The van der Waals surface area contributed by atoms with Crippen LogP contribution >= 0.6 is 11.6 Å². The van der Waals surface area contributed by atoms with Gasteiger partial charge in [0.15, 0.2) is 0 Å². The maximum atomic E-state index is 11.9. The predicted molar refractivity (Wildman–Crippen MR) is 74.1 cm³/mol. The Morgan fingerprint density at radius 3 is 2.56 bits per heavy atom. The van der Waals surface area contributed by atoms with Crippen LogP contribution in [-0.2, 0) is 4.79 Å². The lowest BCUT2D eigenvalue weighted by atomic mass is 9.87. The molecule has 0 saturated heterocycles. The van der Waals surface area contributed by atoms with E-state index in [1.54, 1.807) is 18.2 Å². The molecule has 0 spiro atoms. The fourth-order valence-electron chi connectivity index (χ4n) is 1.35. The number of carbonyl (C=O) groups excluding carboxylic acids is 1. The molecule has 100 valence electrons. The highest BCUT2D eigenvalue weighted by atomic mass is 35.5. The number of halogens is 1. The average molecular weight is 271 g/mol. The predicted octanol–water partition coefficient (Wildman–Crippen LogP) is 2.66. The van der Waals surface area contributed by atoms with Gasteiger partial charge in [-0.05, 0) is 17.5 Å². The van der Waals surface area contributed by atoms with Crippen LogP contribution in [0.15, 0.2) is 18.2 Å². The lowest BCUT2D eigenvalue weighted by Gasteiger charge is -2.25. The molecule has 0 radical (unpaired) electrons. The van der Waals surface area contributed by atoms with Gasteiger partial charge in [-0.3, -0.25) is 4.79 Å². The van der Waals surface area contributed by atoms with Crippen LogP contribution in [0.5, 0.6) is 5.75 Å². The van der Waals surface area contributed by atoms with Crippen molar-refractivity contribution in [1.82, 2.24) is 0 Å². The van der Waals surface area contributed by atoms with E-state index >= 15 is 0 Å². The Balaban J connectivity index is 2.82. The number of carbonyl (C=O) groups is 1. The third kappa shape index (κ3) is 3.62. The van der Waals surface area contributed by atoms with Gasteiger partial charge in [-0.15, -0.1) is 0 Å². The number of nitrogens with two attached hydrogens (primary N) is 1. The zero-order chi connectivity index (χ0) is 13.9. The van der Waals surface area contributed by atoms with Crippen LogP contribution in [0.3, 0.4) is 0 Å². The second kappa shape index (κ2) is 5.59. The minimum absolute atomic E-state index is 0.230. The molecule has 1 atom stereocenters. The van der Waals surface area contributed by atoms with Gasteiger partial charge in [0, 0.05) is 11.8 Å². The van der Waals surface area contributed by atoms with E-state index < -0.39 is 6.04 Å². The van der Waals surface area contributed by atoms with Gasteiger partial charge < -0.3 is 15.8 Å². The maximum Gasteiger partial charge on any atom is 0.241 e. The number of ether oxygens (including phenoxy) is 1. The van der Waals surface area contributed by atoms with Crippen LogP contribution in [0.4, 0.5) is 5.69 Å². The molecular formula is C13H19ClN2O2. The molecule has 0 aliphatic carbocycles. The van der Waals surface area contributed by atoms with Gasteiger partial charge >= 0.3 is 0 Å². The fraction of sp³-hybridized carbons (Fsp3) is 0.462. The third-order valence-electron chi connectivity index (χ3n) is 2.63. The third-order valence-corrected chi connectivity index (χ3v) is 2.95. The standard InChI is InChI=1S/C13H19ClN2O2/c1-13(2,3)11(15)12(17)16-8-5-6-9(14)10(7-8)18-4/h5-7,11H,15H2,1-4H3,(H,16,17)/t11-/m0/s1. The monoisotopic (exact) mass is 270 g/mol. The first kappa shape index (κ1) is 14.8. The first-order valence-corrected chi connectivity index (χ1v) is 6.03. The maximum absolute atomic E-state index is 11.9. The molecule has 0 saturated carbocycles. The fourth-order valence-corrected chi connectivity index (χ4v) is 1.55. The lowest BCUT2D eigenvalue weighted by Crippen LogP contribution is -2.45. The molecule has 0 aliphatic heterocycles. The molecule has 0 heterocycles. The summed E-state index contributed by atoms with van der Waals surface area (Å²) in [5.41, 5.74) is 6.19. The van der Waals surface area contributed by atoms with E-state index in [0.717, 1.165) is 0 Å². The Bertz CT molecular complexity index is 441. The van der Waals surface area contributed by atoms with Crippen LogP contribution in [0.2, 0.25) is 5.02 Å². The largest absolute Gasteiger partial charge is 0.495 e. The van der Waals surface area contributed by atoms with Crippen molar-refractivity contribution < 1.29 is 9.53 Å². The SMILES string of the molecule is COc1cc(NC(=O)[C@H](N)C(C)(C)C)ccc1Cl. The van der Waals surface area contributed by atoms with Gasteiger partial charge in [-0.2, -0.15) is 0 Å². The van der Waals surface area contributed by atoms with Crippen molar-refractivity contribution in [3.63, 3.8) is 0 Å². The summed E-state index contributed by atoms with van der Waals surface area (Å²) in [4.78, 5) is 11.9. The van der Waals surface area contributed by atoms with E-state index in [-0.39, 0.29) is 11.3 Å². The summed E-state index contributed by atoms with van der Waals surface area (Å²) in [7, 11) is 1.52. The normalized spacial score (nSPS) is 13.0. The summed E-state index contributed by atoms with van der Waals surface area (Å²) in [6.45, 7) is 5.75. The molecule has 0 aromatic heterocycles. The molecule has 4 nitrogen and oxygen atoms in total. The summed E-state index contributed by atoms with van der Waals surface area (Å²) in [6, 6.07) is 4.45. The molecule has 5 heteroatoms. The van der Waals surface area contributed by atoms with Crippen molar-refractivity contribution >= 4 is 23.2 Å². The van der Waals surface area contributed by atoms with E-state index in [9.17, 15) is 4.79 Å². The molecule has 0 unspecified atom stereocenters. The number of benzene rings is 1. The van der Waals surface area contributed by atoms with Crippen LogP contribution in [0.25, 0.3) is 0 Å². The topological polar surface area (TPSA) is 64.3 Å². The van der Waals surface area contributed by atoms with Crippen molar-refractivity contribution in [3.05, 3.63) is 23.2 Å².